The lowest BCUT2D eigenvalue weighted by atomic mass is 10.0. The Bertz CT molecular complexity index is 506. The van der Waals surface area contributed by atoms with Crippen LogP contribution in [0, 0.1) is 17.0 Å². The normalized spacial score (nSPS) is 10.4. The molecule has 1 heterocycles. The first-order valence-corrected chi connectivity index (χ1v) is 5.96. The maximum Gasteiger partial charge on any atom is 0.326 e. The van der Waals surface area contributed by atoms with Gasteiger partial charge in [-0.3, -0.25) is 24.8 Å². The molecule has 0 bridgehead atoms. The summed E-state index contributed by atoms with van der Waals surface area (Å²) >= 11 is 0. The summed E-state index contributed by atoms with van der Waals surface area (Å²) in [5, 5.41) is 17.1. The number of ether oxygens (including phenoxy) is 2. The minimum atomic E-state index is -1.57. The third kappa shape index (κ3) is 3.11. The van der Waals surface area contributed by atoms with E-state index in [-0.39, 0.29) is 24.6 Å². The van der Waals surface area contributed by atoms with Gasteiger partial charge in [-0.25, -0.2) is 0 Å². The van der Waals surface area contributed by atoms with Crippen LogP contribution in [0.15, 0.2) is 0 Å². The molecule has 9 nitrogen and oxygen atoms in total. The molecule has 0 aliphatic carbocycles. The Morgan fingerprint density at radius 3 is 2.20 bits per heavy atom. The number of rotatable bonds is 6. The first kappa shape index (κ1) is 15.6. The molecule has 0 fully saturated rings. The van der Waals surface area contributed by atoms with Gasteiger partial charge in [0.05, 0.1) is 18.1 Å². The van der Waals surface area contributed by atoms with E-state index in [1.807, 2.05) is 0 Å². The molecule has 9 heteroatoms. The van der Waals surface area contributed by atoms with E-state index in [4.69, 9.17) is 9.47 Å². The number of nitrogens with one attached hydrogen (secondary N) is 1. The summed E-state index contributed by atoms with van der Waals surface area (Å²) in [6, 6.07) is 0. The number of aromatic nitrogens is 2. The zero-order chi connectivity index (χ0) is 15.3. The second kappa shape index (κ2) is 6.64. The molecule has 0 saturated heterocycles. The van der Waals surface area contributed by atoms with Crippen molar-refractivity contribution in [2.75, 3.05) is 13.2 Å². The summed E-state index contributed by atoms with van der Waals surface area (Å²) in [5.41, 5.74) is -0.580. The monoisotopic (exact) mass is 285 g/mol. The lowest BCUT2D eigenvalue weighted by Crippen LogP contribution is -2.27. The van der Waals surface area contributed by atoms with Gasteiger partial charge >= 0.3 is 17.6 Å². The number of carbonyl (C=O) groups is 2. The fourth-order valence-electron chi connectivity index (χ4n) is 1.64. The van der Waals surface area contributed by atoms with Gasteiger partial charge in [0.25, 0.3) is 0 Å². The van der Waals surface area contributed by atoms with E-state index in [0.717, 1.165) is 0 Å². The lowest BCUT2D eigenvalue weighted by Gasteiger charge is -2.11. The Labute approximate surface area is 114 Å². The molecule has 20 heavy (non-hydrogen) atoms. The number of aryl methyl sites for hydroxylation is 1. The quantitative estimate of drug-likeness (QED) is 0.355. The van der Waals surface area contributed by atoms with Crippen molar-refractivity contribution in [2.24, 2.45) is 0 Å². The van der Waals surface area contributed by atoms with Gasteiger partial charge in [0.15, 0.2) is 5.69 Å². The maximum atomic E-state index is 11.8. The van der Waals surface area contributed by atoms with Crippen molar-refractivity contribution < 1.29 is 24.0 Å². The Kier molecular flexibility index (Phi) is 5.18. The van der Waals surface area contributed by atoms with Gasteiger partial charge in [-0.1, -0.05) is 0 Å². The standard InChI is InChI=1S/C11H15N3O6/c1-4-19-10(15)7(11(16)20-5-2)8-9(14(17)18)6(3)12-13-8/h7H,4-5H2,1-3H3,(H,12,13). The number of carbonyl (C=O) groups excluding carboxylic acids is 2. The van der Waals surface area contributed by atoms with Gasteiger partial charge in [-0.05, 0) is 20.8 Å². The second-order valence-electron chi connectivity index (χ2n) is 3.78. The van der Waals surface area contributed by atoms with Crippen molar-refractivity contribution in [1.82, 2.24) is 10.2 Å². The molecular formula is C11H15N3O6. The van der Waals surface area contributed by atoms with Gasteiger partial charge in [-0.15, -0.1) is 0 Å². The third-order valence-corrected chi connectivity index (χ3v) is 2.44. The molecule has 1 N–H and O–H groups in total. The van der Waals surface area contributed by atoms with Gasteiger partial charge in [0.1, 0.15) is 5.69 Å². The summed E-state index contributed by atoms with van der Waals surface area (Å²) in [4.78, 5) is 34.0. The average Bonchev–Trinajstić information content (AvgIpc) is 2.72. The minimum Gasteiger partial charge on any atom is -0.465 e. The third-order valence-electron chi connectivity index (χ3n) is 2.44. The molecule has 0 aliphatic rings. The summed E-state index contributed by atoms with van der Waals surface area (Å²) in [6.07, 6.45) is 0. The fourth-order valence-corrected chi connectivity index (χ4v) is 1.64. The van der Waals surface area contributed by atoms with Crippen molar-refractivity contribution in [3.05, 3.63) is 21.5 Å². The predicted molar refractivity (Wildman–Crippen MR) is 66.0 cm³/mol. The van der Waals surface area contributed by atoms with E-state index in [1.54, 1.807) is 13.8 Å². The fraction of sp³-hybridized carbons (Fsp3) is 0.545. The van der Waals surface area contributed by atoms with E-state index in [2.05, 4.69) is 10.2 Å². The number of hydrogen-bond donors (Lipinski definition) is 1. The molecule has 0 spiro atoms. The van der Waals surface area contributed by atoms with E-state index >= 15 is 0 Å². The van der Waals surface area contributed by atoms with Gasteiger partial charge < -0.3 is 9.47 Å². The maximum absolute atomic E-state index is 11.8. The number of nitrogens with zero attached hydrogens (tertiary/aromatic N) is 2. The molecule has 110 valence electrons. The van der Waals surface area contributed by atoms with Crippen LogP contribution in [-0.2, 0) is 19.1 Å². The van der Waals surface area contributed by atoms with Crippen LogP contribution in [0.2, 0.25) is 0 Å². The van der Waals surface area contributed by atoms with Gasteiger partial charge in [-0.2, -0.15) is 5.10 Å². The number of hydrogen-bond acceptors (Lipinski definition) is 7. The van der Waals surface area contributed by atoms with Crippen molar-refractivity contribution in [2.45, 2.75) is 26.7 Å². The van der Waals surface area contributed by atoms with Gasteiger partial charge in [0.2, 0.25) is 5.92 Å². The van der Waals surface area contributed by atoms with Crippen molar-refractivity contribution in [3.63, 3.8) is 0 Å². The lowest BCUT2D eigenvalue weighted by molar-refractivity contribution is -0.386. The highest BCUT2D eigenvalue weighted by molar-refractivity contribution is 6.01. The van der Waals surface area contributed by atoms with Crippen molar-refractivity contribution in [1.29, 1.82) is 0 Å². The van der Waals surface area contributed by atoms with Crippen LogP contribution < -0.4 is 0 Å². The number of aromatic amines is 1. The number of nitro groups is 1. The van der Waals surface area contributed by atoms with Crippen LogP contribution in [-0.4, -0.2) is 40.3 Å². The molecule has 0 radical (unpaired) electrons. The number of H-pyrrole nitrogens is 1. The van der Waals surface area contributed by atoms with E-state index in [0.29, 0.717) is 0 Å². The van der Waals surface area contributed by atoms with Crippen LogP contribution in [0.3, 0.4) is 0 Å². The van der Waals surface area contributed by atoms with E-state index in [9.17, 15) is 19.7 Å². The SMILES string of the molecule is CCOC(=O)C(C(=O)OCC)c1n[nH]c(C)c1[N+](=O)[O-]. The average molecular weight is 285 g/mol. The van der Waals surface area contributed by atoms with Crippen LogP contribution in [0.1, 0.15) is 31.2 Å². The molecule has 1 rings (SSSR count). The van der Waals surface area contributed by atoms with Crippen molar-refractivity contribution >= 4 is 17.6 Å². The van der Waals surface area contributed by atoms with Crippen LogP contribution in [0.4, 0.5) is 5.69 Å². The summed E-state index contributed by atoms with van der Waals surface area (Å²) in [7, 11) is 0. The Morgan fingerprint density at radius 1 is 1.30 bits per heavy atom. The Morgan fingerprint density at radius 2 is 1.80 bits per heavy atom. The topological polar surface area (TPSA) is 124 Å². The van der Waals surface area contributed by atoms with Gasteiger partial charge in [0, 0.05) is 0 Å². The highest BCUT2D eigenvalue weighted by Gasteiger charge is 2.40. The van der Waals surface area contributed by atoms with E-state index < -0.39 is 28.5 Å². The van der Waals surface area contributed by atoms with Crippen molar-refractivity contribution in [3.8, 4) is 0 Å². The molecule has 0 amide bonds. The molecule has 0 aliphatic heterocycles. The summed E-state index contributed by atoms with van der Waals surface area (Å²) < 4.78 is 9.51. The summed E-state index contributed by atoms with van der Waals surface area (Å²) in [5.74, 6) is -3.43. The first-order chi connectivity index (χ1) is 9.43. The Balaban J connectivity index is 3.27. The first-order valence-electron chi connectivity index (χ1n) is 5.96. The molecular weight excluding hydrogens is 270 g/mol. The van der Waals surface area contributed by atoms with Crippen LogP contribution in [0.25, 0.3) is 0 Å². The second-order valence-corrected chi connectivity index (χ2v) is 3.78. The molecule has 0 unspecified atom stereocenters. The van der Waals surface area contributed by atoms with Crippen LogP contribution in [0.5, 0.6) is 0 Å². The zero-order valence-electron chi connectivity index (χ0n) is 11.3. The molecule has 0 aromatic carbocycles. The van der Waals surface area contributed by atoms with Crippen LogP contribution >= 0.6 is 0 Å². The highest BCUT2D eigenvalue weighted by atomic mass is 16.6. The molecule has 1 aromatic rings. The van der Waals surface area contributed by atoms with E-state index in [1.165, 1.54) is 6.92 Å². The molecule has 0 saturated carbocycles. The largest absolute Gasteiger partial charge is 0.465 e. The smallest absolute Gasteiger partial charge is 0.326 e. The predicted octanol–water partition coefficient (Wildman–Crippen LogP) is 0.836. The number of esters is 2. The zero-order valence-corrected chi connectivity index (χ0v) is 11.3. The summed E-state index contributed by atoms with van der Waals surface area (Å²) in [6.45, 7) is 4.61. The Hall–Kier alpha value is -2.45. The minimum absolute atomic E-state index is 0.0337. The molecule has 0 atom stereocenters. The molecule has 1 aromatic heterocycles. The highest BCUT2D eigenvalue weighted by Crippen LogP contribution is 2.29.